The predicted octanol–water partition coefficient (Wildman–Crippen LogP) is 3.30. The average molecular weight is 473 g/mol. The maximum atomic E-state index is 12.7. The van der Waals surface area contributed by atoms with E-state index in [-0.39, 0.29) is 12.1 Å². The van der Waals surface area contributed by atoms with E-state index in [0.717, 1.165) is 79.0 Å². The molecule has 4 aliphatic rings. The number of nitrogens with zero attached hydrogens (tertiary/aromatic N) is 3. The lowest BCUT2D eigenvalue weighted by atomic mass is 9.77. The van der Waals surface area contributed by atoms with Crippen molar-refractivity contribution in [3.8, 4) is 0 Å². The minimum atomic E-state index is -1.01. The zero-order chi connectivity index (χ0) is 21.9. The van der Waals surface area contributed by atoms with Crippen LogP contribution in [0.15, 0.2) is 35.2 Å². The highest BCUT2D eigenvalue weighted by Gasteiger charge is 2.42. The molecule has 6 nitrogen and oxygen atoms in total. The number of aryl methyl sites for hydroxylation is 1. The minimum Gasteiger partial charge on any atom is -0.394 e. The van der Waals surface area contributed by atoms with Crippen molar-refractivity contribution < 1.29 is 9.32 Å². The second kappa shape index (κ2) is 7.89. The molecule has 2 N–H and O–H groups in total. The number of anilines is 3. The van der Waals surface area contributed by atoms with Gasteiger partial charge in [0.15, 0.2) is 0 Å². The van der Waals surface area contributed by atoms with Crippen LogP contribution in [-0.4, -0.2) is 58.4 Å². The summed E-state index contributed by atoms with van der Waals surface area (Å²) in [6.07, 6.45) is 3.82. The molecule has 3 aliphatic heterocycles. The molecule has 32 heavy (non-hydrogen) atoms. The first-order chi connectivity index (χ1) is 15.5. The van der Waals surface area contributed by atoms with E-state index >= 15 is 0 Å². The van der Waals surface area contributed by atoms with E-state index in [2.05, 4.69) is 33.3 Å². The Hall–Kier alpha value is -1.83. The highest BCUT2D eigenvalue weighted by Crippen LogP contribution is 2.41. The normalized spacial score (nSPS) is 27.9. The smallest absolute Gasteiger partial charge is 0.145 e. The molecule has 0 bridgehead atoms. The molecule has 170 valence electrons. The number of halogens is 1. The summed E-state index contributed by atoms with van der Waals surface area (Å²) in [5.41, 5.74) is 2.10. The van der Waals surface area contributed by atoms with Crippen molar-refractivity contribution in [2.45, 2.75) is 36.1 Å². The summed E-state index contributed by atoms with van der Waals surface area (Å²) in [7, 11) is -1.01. The van der Waals surface area contributed by atoms with Crippen LogP contribution in [0.1, 0.15) is 24.8 Å². The first kappa shape index (κ1) is 20.8. The largest absolute Gasteiger partial charge is 0.394 e. The number of benzene rings is 1. The molecule has 3 unspecified atom stereocenters. The number of rotatable bonds is 5. The van der Waals surface area contributed by atoms with Crippen LogP contribution in [0.2, 0.25) is 5.02 Å². The van der Waals surface area contributed by atoms with Crippen LogP contribution < -0.4 is 15.1 Å². The zero-order valence-electron chi connectivity index (χ0n) is 18.1. The van der Waals surface area contributed by atoms with E-state index in [9.17, 15) is 9.32 Å². The second-order valence-electron chi connectivity index (χ2n) is 9.84. The molecule has 2 saturated heterocycles. The fourth-order valence-corrected chi connectivity index (χ4v) is 7.28. The number of aliphatic hydroxyl groups excluding tert-OH is 1. The third kappa shape index (κ3) is 3.49. The lowest BCUT2D eigenvalue weighted by molar-refractivity contribution is 0.143. The molecular formula is C24H29ClN4O2S. The summed E-state index contributed by atoms with van der Waals surface area (Å²) >= 11 is 6.06. The molecule has 2 aromatic rings. The summed E-state index contributed by atoms with van der Waals surface area (Å²) in [6.45, 7) is 4.18. The summed E-state index contributed by atoms with van der Waals surface area (Å²) in [4.78, 5) is 10.7. The number of fused-ring (bicyclic) bond motifs is 2. The summed E-state index contributed by atoms with van der Waals surface area (Å²) in [6, 6.07) is 10.3. The molecule has 1 aromatic heterocycles. The Balaban J connectivity index is 1.22. The molecule has 1 aliphatic carbocycles. The van der Waals surface area contributed by atoms with Gasteiger partial charge in [0.2, 0.25) is 0 Å². The van der Waals surface area contributed by atoms with Crippen LogP contribution in [0.3, 0.4) is 0 Å². The van der Waals surface area contributed by atoms with E-state index in [1.807, 2.05) is 12.1 Å². The van der Waals surface area contributed by atoms with Crippen molar-refractivity contribution in [1.82, 2.24) is 4.98 Å². The second-order valence-corrected chi connectivity index (χ2v) is 11.8. The van der Waals surface area contributed by atoms with Gasteiger partial charge in [-0.3, -0.25) is 4.21 Å². The number of nitrogens with one attached hydrogen (secondary N) is 1. The number of hydrogen-bond acceptors (Lipinski definition) is 6. The SMILES string of the molecule is O=S1CCc2cc(N3CC4CN(c5ccc(Cl)cc5)CC4C3)nc(NC3(CO)CCC3)c21. The zero-order valence-corrected chi connectivity index (χ0v) is 19.7. The fraction of sp³-hybridized carbons (Fsp3) is 0.542. The summed E-state index contributed by atoms with van der Waals surface area (Å²) < 4.78 is 12.7. The van der Waals surface area contributed by atoms with Gasteiger partial charge in [0.05, 0.1) is 27.8 Å². The highest BCUT2D eigenvalue weighted by atomic mass is 35.5. The van der Waals surface area contributed by atoms with Gasteiger partial charge >= 0.3 is 0 Å². The Kier molecular flexibility index (Phi) is 5.12. The molecule has 0 spiro atoms. The molecule has 1 aromatic carbocycles. The summed E-state index contributed by atoms with van der Waals surface area (Å²) in [5.74, 6) is 3.62. The molecule has 3 fully saturated rings. The highest BCUT2D eigenvalue weighted by molar-refractivity contribution is 7.85. The minimum absolute atomic E-state index is 0.0920. The van der Waals surface area contributed by atoms with Crippen LogP contribution in [0.5, 0.6) is 0 Å². The first-order valence-electron chi connectivity index (χ1n) is 11.6. The maximum Gasteiger partial charge on any atom is 0.145 e. The predicted molar refractivity (Wildman–Crippen MR) is 129 cm³/mol. The first-order valence-corrected chi connectivity index (χ1v) is 13.3. The quantitative estimate of drug-likeness (QED) is 0.696. The van der Waals surface area contributed by atoms with Gasteiger partial charge in [-0.05, 0) is 61.6 Å². The maximum absolute atomic E-state index is 12.7. The number of hydrogen-bond donors (Lipinski definition) is 2. The van der Waals surface area contributed by atoms with Crippen molar-refractivity contribution in [3.63, 3.8) is 0 Å². The molecule has 6 rings (SSSR count). The van der Waals surface area contributed by atoms with Gasteiger partial charge in [0.1, 0.15) is 11.6 Å². The Labute approximate surface area is 196 Å². The van der Waals surface area contributed by atoms with Gasteiger partial charge < -0.3 is 20.2 Å². The van der Waals surface area contributed by atoms with Crippen LogP contribution in [0.4, 0.5) is 17.3 Å². The van der Waals surface area contributed by atoms with Gasteiger partial charge in [0.25, 0.3) is 0 Å². The van der Waals surface area contributed by atoms with Crippen molar-refractivity contribution in [2.24, 2.45) is 11.8 Å². The van der Waals surface area contributed by atoms with Gasteiger partial charge in [-0.15, -0.1) is 0 Å². The van der Waals surface area contributed by atoms with E-state index in [0.29, 0.717) is 17.6 Å². The monoisotopic (exact) mass is 472 g/mol. The van der Waals surface area contributed by atoms with Crippen molar-refractivity contribution in [3.05, 3.63) is 40.9 Å². The Bertz CT molecular complexity index is 1040. The standard InChI is InChI=1S/C24H29ClN4O2S/c25-19-2-4-20(5-3-19)28-11-17-13-29(14-18(17)12-28)21-10-16-6-9-32(31)22(16)23(26-21)27-24(15-30)7-1-8-24/h2-5,10,17-18,30H,1,6-9,11-15H2,(H,26,27). The van der Waals surface area contributed by atoms with E-state index in [4.69, 9.17) is 16.6 Å². The van der Waals surface area contributed by atoms with Crippen molar-refractivity contribution in [1.29, 1.82) is 0 Å². The summed E-state index contributed by atoms with van der Waals surface area (Å²) in [5, 5.41) is 14.2. The van der Waals surface area contributed by atoms with Gasteiger partial charge in [0, 0.05) is 54.5 Å². The van der Waals surface area contributed by atoms with Crippen LogP contribution >= 0.6 is 11.6 Å². The number of aliphatic hydroxyl groups is 1. The van der Waals surface area contributed by atoms with Crippen molar-refractivity contribution in [2.75, 3.05) is 53.7 Å². The fourth-order valence-electron chi connectivity index (χ4n) is 5.78. The number of aromatic nitrogens is 1. The third-order valence-corrected chi connectivity index (χ3v) is 9.56. The topological polar surface area (TPSA) is 68.7 Å². The third-order valence-electron chi connectivity index (χ3n) is 7.82. The Morgan fingerprint density at radius 3 is 2.44 bits per heavy atom. The lowest BCUT2D eigenvalue weighted by Gasteiger charge is -2.41. The van der Waals surface area contributed by atoms with Gasteiger partial charge in [-0.1, -0.05) is 11.6 Å². The molecular weight excluding hydrogens is 444 g/mol. The van der Waals surface area contributed by atoms with E-state index in [1.54, 1.807) is 0 Å². The van der Waals surface area contributed by atoms with E-state index in [1.165, 1.54) is 5.69 Å². The van der Waals surface area contributed by atoms with Crippen LogP contribution in [0, 0.1) is 11.8 Å². The number of pyridine rings is 1. The van der Waals surface area contributed by atoms with Crippen molar-refractivity contribution >= 4 is 39.7 Å². The lowest BCUT2D eigenvalue weighted by Crippen LogP contribution is -2.48. The Morgan fingerprint density at radius 2 is 1.81 bits per heavy atom. The van der Waals surface area contributed by atoms with Crippen LogP contribution in [0.25, 0.3) is 0 Å². The van der Waals surface area contributed by atoms with Crippen LogP contribution in [-0.2, 0) is 17.2 Å². The molecule has 0 amide bonds. The molecule has 1 saturated carbocycles. The molecule has 4 heterocycles. The molecule has 0 radical (unpaired) electrons. The van der Waals surface area contributed by atoms with Gasteiger partial charge in [-0.2, -0.15) is 0 Å². The molecule has 8 heteroatoms. The average Bonchev–Trinajstić information content (AvgIpc) is 3.44. The van der Waals surface area contributed by atoms with E-state index < -0.39 is 10.8 Å². The van der Waals surface area contributed by atoms with Gasteiger partial charge in [-0.25, -0.2) is 4.98 Å². The Morgan fingerprint density at radius 1 is 1.12 bits per heavy atom. The molecule has 3 atom stereocenters.